The Labute approximate surface area is 106 Å². The summed E-state index contributed by atoms with van der Waals surface area (Å²) in [7, 11) is 0. The summed E-state index contributed by atoms with van der Waals surface area (Å²) in [6.45, 7) is 2.20. The zero-order valence-electron chi connectivity index (χ0n) is 8.37. The first kappa shape index (κ1) is 14.2. The first-order valence-electron chi connectivity index (χ1n) is 4.75. The molecule has 0 saturated heterocycles. The fraction of sp³-hybridized carbons (Fsp3) is 0.455. The van der Waals surface area contributed by atoms with E-state index >= 15 is 0 Å². The molecule has 0 unspecified atom stereocenters. The molecule has 0 heterocycles. The van der Waals surface area contributed by atoms with Crippen molar-refractivity contribution in [2.75, 3.05) is 0 Å². The number of halogens is 2. The van der Waals surface area contributed by atoms with E-state index in [9.17, 15) is 0 Å². The second-order valence-electron chi connectivity index (χ2n) is 3.30. The van der Waals surface area contributed by atoms with E-state index in [0.29, 0.717) is 0 Å². The van der Waals surface area contributed by atoms with Crippen LogP contribution in [0.4, 0.5) is 0 Å². The minimum absolute atomic E-state index is 0. The van der Waals surface area contributed by atoms with Gasteiger partial charge in [-0.3, -0.25) is 0 Å². The summed E-state index contributed by atoms with van der Waals surface area (Å²) in [5.74, 6) is 0. The predicted octanol–water partition coefficient (Wildman–Crippen LogP) is 3.90. The van der Waals surface area contributed by atoms with Gasteiger partial charge in [0.05, 0.1) is 0 Å². The number of hydrogen-bond acceptors (Lipinski definition) is 1. The molecule has 0 spiro atoms. The summed E-state index contributed by atoms with van der Waals surface area (Å²) in [6, 6.07) is 8.70. The van der Waals surface area contributed by atoms with E-state index in [4.69, 9.17) is 5.73 Å². The maximum absolute atomic E-state index is 6.03. The molecule has 1 rings (SSSR count). The Balaban J connectivity index is 0.00000169. The minimum Gasteiger partial charge on any atom is -0.324 e. The Bertz CT molecular complexity index is 248. The molecular formula is C11H17ClIN. The van der Waals surface area contributed by atoms with E-state index in [0.717, 1.165) is 6.42 Å². The van der Waals surface area contributed by atoms with Gasteiger partial charge >= 0.3 is 0 Å². The summed E-state index contributed by atoms with van der Waals surface area (Å²) in [4.78, 5) is 0. The van der Waals surface area contributed by atoms with E-state index in [2.05, 4.69) is 53.8 Å². The molecule has 1 nitrogen and oxygen atoms in total. The lowest BCUT2D eigenvalue weighted by molar-refractivity contribution is 0.603. The van der Waals surface area contributed by atoms with Gasteiger partial charge in [-0.05, 0) is 46.7 Å². The lowest BCUT2D eigenvalue weighted by Gasteiger charge is -2.10. The van der Waals surface area contributed by atoms with Crippen molar-refractivity contribution in [1.82, 2.24) is 0 Å². The van der Waals surface area contributed by atoms with Gasteiger partial charge in [0.25, 0.3) is 0 Å². The van der Waals surface area contributed by atoms with E-state index in [-0.39, 0.29) is 18.4 Å². The highest BCUT2D eigenvalue weighted by molar-refractivity contribution is 14.1. The molecule has 2 N–H and O–H groups in total. The average molecular weight is 326 g/mol. The maximum atomic E-state index is 6.03. The number of benzene rings is 1. The topological polar surface area (TPSA) is 26.0 Å². The molecule has 14 heavy (non-hydrogen) atoms. The highest BCUT2D eigenvalue weighted by Crippen LogP contribution is 2.17. The third-order valence-electron chi connectivity index (χ3n) is 2.17. The highest BCUT2D eigenvalue weighted by Gasteiger charge is 2.03. The largest absolute Gasteiger partial charge is 0.324 e. The highest BCUT2D eigenvalue weighted by atomic mass is 127. The molecule has 80 valence electrons. The van der Waals surface area contributed by atoms with Crippen molar-refractivity contribution in [3.05, 3.63) is 33.4 Å². The Morgan fingerprint density at radius 1 is 1.29 bits per heavy atom. The summed E-state index contributed by atoms with van der Waals surface area (Å²) < 4.78 is 1.27. The van der Waals surface area contributed by atoms with Crippen LogP contribution >= 0.6 is 35.0 Å². The van der Waals surface area contributed by atoms with Gasteiger partial charge in [-0.25, -0.2) is 0 Å². The first-order valence-corrected chi connectivity index (χ1v) is 5.83. The van der Waals surface area contributed by atoms with Crippen LogP contribution in [0.3, 0.4) is 0 Å². The van der Waals surface area contributed by atoms with Crippen molar-refractivity contribution in [1.29, 1.82) is 0 Å². The predicted molar refractivity (Wildman–Crippen MR) is 72.9 cm³/mol. The molecule has 0 bridgehead atoms. The van der Waals surface area contributed by atoms with Gasteiger partial charge in [-0.15, -0.1) is 12.4 Å². The van der Waals surface area contributed by atoms with Gasteiger partial charge in [0.1, 0.15) is 0 Å². The van der Waals surface area contributed by atoms with Crippen molar-refractivity contribution in [3.8, 4) is 0 Å². The number of rotatable bonds is 4. The standard InChI is InChI=1S/C11H16IN.ClH/c1-2-3-4-11(13)9-5-7-10(12)8-6-9;/h5-8,11H,2-4,13H2,1H3;1H/t11-;/m1./s1. The van der Waals surface area contributed by atoms with Crippen molar-refractivity contribution < 1.29 is 0 Å². The van der Waals surface area contributed by atoms with Gasteiger partial charge in [0, 0.05) is 9.61 Å². The molecular weight excluding hydrogens is 308 g/mol. The second kappa shape index (κ2) is 7.49. The SMILES string of the molecule is CCCC[C@@H](N)c1ccc(I)cc1.Cl. The normalized spacial score (nSPS) is 11.9. The smallest absolute Gasteiger partial charge is 0.0294 e. The van der Waals surface area contributed by atoms with E-state index in [1.807, 2.05) is 0 Å². The summed E-state index contributed by atoms with van der Waals surface area (Å²) in [5, 5.41) is 0. The van der Waals surface area contributed by atoms with Gasteiger partial charge in [-0.1, -0.05) is 31.9 Å². The molecule has 0 aliphatic carbocycles. The van der Waals surface area contributed by atoms with Crippen LogP contribution < -0.4 is 5.73 Å². The molecule has 0 fully saturated rings. The lowest BCUT2D eigenvalue weighted by Crippen LogP contribution is -2.09. The molecule has 0 amide bonds. The lowest BCUT2D eigenvalue weighted by atomic mass is 10.0. The van der Waals surface area contributed by atoms with Gasteiger partial charge < -0.3 is 5.73 Å². The van der Waals surface area contributed by atoms with Crippen LogP contribution in [0.25, 0.3) is 0 Å². The van der Waals surface area contributed by atoms with Crippen LogP contribution in [0.1, 0.15) is 37.8 Å². The Hall–Kier alpha value is 0.200. The van der Waals surface area contributed by atoms with Crippen LogP contribution in [0.15, 0.2) is 24.3 Å². The van der Waals surface area contributed by atoms with Crippen LogP contribution in [0.5, 0.6) is 0 Å². The van der Waals surface area contributed by atoms with Crippen LogP contribution in [-0.2, 0) is 0 Å². The first-order chi connectivity index (χ1) is 6.24. The molecule has 1 aromatic carbocycles. The summed E-state index contributed by atoms with van der Waals surface area (Å²) in [5.41, 5.74) is 7.29. The molecule has 0 saturated carbocycles. The minimum atomic E-state index is 0. The molecule has 3 heteroatoms. The van der Waals surface area contributed by atoms with Crippen LogP contribution in [0.2, 0.25) is 0 Å². The molecule has 0 aliphatic heterocycles. The average Bonchev–Trinajstić information content (AvgIpc) is 2.15. The zero-order chi connectivity index (χ0) is 9.68. The third kappa shape index (κ3) is 4.62. The zero-order valence-corrected chi connectivity index (χ0v) is 11.3. The van der Waals surface area contributed by atoms with Crippen molar-refractivity contribution in [3.63, 3.8) is 0 Å². The number of unbranched alkanes of at least 4 members (excludes halogenated alkanes) is 1. The van der Waals surface area contributed by atoms with Gasteiger partial charge in [-0.2, -0.15) is 0 Å². The number of hydrogen-bond donors (Lipinski definition) is 1. The van der Waals surface area contributed by atoms with Crippen LogP contribution in [0, 0.1) is 3.57 Å². The Morgan fingerprint density at radius 2 is 1.86 bits per heavy atom. The molecule has 1 aromatic rings. The van der Waals surface area contributed by atoms with Crippen molar-refractivity contribution >= 4 is 35.0 Å². The molecule has 0 radical (unpaired) electrons. The molecule has 1 atom stereocenters. The molecule has 0 aromatic heterocycles. The van der Waals surface area contributed by atoms with Crippen LogP contribution in [-0.4, -0.2) is 0 Å². The second-order valence-corrected chi connectivity index (χ2v) is 4.55. The molecule has 0 aliphatic rings. The Kier molecular flexibility index (Phi) is 7.59. The third-order valence-corrected chi connectivity index (χ3v) is 2.89. The maximum Gasteiger partial charge on any atom is 0.0294 e. The number of nitrogens with two attached hydrogens (primary N) is 1. The van der Waals surface area contributed by atoms with Crippen molar-refractivity contribution in [2.24, 2.45) is 5.73 Å². The fourth-order valence-corrected chi connectivity index (χ4v) is 1.66. The van der Waals surface area contributed by atoms with E-state index < -0.39 is 0 Å². The quantitative estimate of drug-likeness (QED) is 0.835. The Morgan fingerprint density at radius 3 is 2.36 bits per heavy atom. The monoisotopic (exact) mass is 325 g/mol. The van der Waals surface area contributed by atoms with Crippen molar-refractivity contribution in [2.45, 2.75) is 32.2 Å². The van der Waals surface area contributed by atoms with E-state index in [1.165, 1.54) is 22.0 Å². The van der Waals surface area contributed by atoms with E-state index in [1.54, 1.807) is 0 Å². The summed E-state index contributed by atoms with van der Waals surface area (Å²) in [6.07, 6.45) is 3.53. The van der Waals surface area contributed by atoms with Gasteiger partial charge in [0.2, 0.25) is 0 Å². The summed E-state index contributed by atoms with van der Waals surface area (Å²) >= 11 is 2.31. The fourth-order valence-electron chi connectivity index (χ4n) is 1.30. The van der Waals surface area contributed by atoms with Gasteiger partial charge in [0.15, 0.2) is 0 Å².